The Balaban J connectivity index is 1.52. The minimum absolute atomic E-state index is 0.0538. The predicted molar refractivity (Wildman–Crippen MR) is 102 cm³/mol. The summed E-state index contributed by atoms with van der Waals surface area (Å²) in [4.78, 5) is 28.1. The summed E-state index contributed by atoms with van der Waals surface area (Å²) in [5.74, 6) is 0.0629. The number of nitrogens with zero attached hydrogens (tertiary/aromatic N) is 2. The molecule has 6 nitrogen and oxygen atoms in total. The van der Waals surface area contributed by atoms with Crippen LogP contribution >= 0.6 is 0 Å². The Hall–Kier alpha value is -3.09. The Bertz CT molecular complexity index is 835. The second-order valence-corrected chi connectivity index (χ2v) is 6.32. The monoisotopic (exact) mass is 386 g/mol. The van der Waals surface area contributed by atoms with Crippen molar-refractivity contribution < 1.29 is 23.5 Å². The Morgan fingerprint density at radius 2 is 1.46 bits per heavy atom. The molecular weight excluding hydrogens is 363 g/mol. The number of piperazine rings is 1. The minimum Gasteiger partial charge on any atom is -0.490 e. The first-order valence-corrected chi connectivity index (χ1v) is 9.26. The van der Waals surface area contributed by atoms with Crippen molar-refractivity contribution in [3.63, 3.8) is 0 Å². The zero-order chi connectivity index (χ0) is 19.9. The fourth-order valence-corrected chi connectivity index (χ4v) is 3.04. The van der Waals surface area contributed by atoms with Gasteiger partial charge in [0.15, 0.2) is 18.1 Å². The molecule has 148 valence electrons. The number of hydrogen-bond acceptors (Lipinski definition) is 4. The first kappa shape index (κ1) is 19.7. The van der Waals surface area contributed by atoms with Gasteiger partial charge in [0.1, 0.15) is 5.82 Å². The molecule has 0 bridgehead atoms. The van der Waals surface area contributed by atoms with Crippen molar-refractivity contribution in [3.05, 3.63) is 59.9 Å². The molecule has 0 aromatic heterocycles. The lowest BCUT2D eigenvalue weighted by Gasteiger charge is -2.34. The molecule has 0 unspecified atom stereocenters. The summed E-state index contributed by atoms with van der Waals surface area (Å²) in [7, 11) is 0. The van der Waals surface area contributed by atoms with Crippen molar-refractivity contribution in [1.82, 2.24) is 9.80 Å². The molecule has 0 spiro atoms. The van der Waals surface area contributed by atoms with Crippen LogP contribution in [0.25, 0.3) is 0 Å². The van der Waals surface area contributed by atoms with E-state index in [-0.39, 0.29) is 24.0 Å². The zero-order valence-electron chi connectivity index (χ0n) is 15.8. The second-order valence-electron chi connectivity index (χ2n) is 6.32. The number of benzene rings is 2. The summed E-state index contributed by atoms with van der Waals surface area (Å²) in [5.41, 5.74) is 0.0538. The third-order valence-corrected chi connectivity index (χ3v) is 4.52. The smallest absolute Gasteiger partial charge is 0.260 e. The Kier molecular flexibility index (Phi) is 6.47. The van der Waals surface area contributed by atoms with Gasteiger partial charge in [0, 0.05) is 26.2 Å². The molecule has 0 N–H and O–H groups in total. The minimum atomic E-state index is -0.535. The van der Waals surface area contributed by atoms with Crippen molar-refractivity contribution in [3.8, 4) is 11.5 Å². The average molecular weight is 386 g/mol. The van der Waals surface area contributed by atoms with Gasteiger partial charge in [0.2, 0.25) is 0 Å². The van der Waals surface area contributed by atoms with E-state index < -0.39 is 5.82 Å². The van der Waals surface area contributed by atoms with Crippen molar-refractivity contribution in [2.75, 3.05) is 39.4 Å². The number of amides is 2. The first-order valence-electron chi connectivity index (χ1n) is 9.26. The summed E-state index contributed by atoms with van der Waals surface area (Å²) in [5, 5.41) is 0. The highest BCUT2D eigenvalue weighted by Gasteiger charge is 2.26. The van der Waals surface area contributed by atoms with Crippen LogP contribution in [-0.4, -0.2) is 61.0 Å². The van der Waals surface area contributed by atoms with Crippen LogP contribution in [0.15, 0.2) is 48.5 Å². The summed E-state index contributed by atoms with van der Waals surface area (Å²) in [6, 6.07) is 13.1. The number of rotatable bonds is 6. The number of halogens is 1. The maximum atomic E-state index is 13.8. The van der Waals surface area contributed by atoms with Gasteiger partial charge < -0.3 is 19.3 Å². The van der Waals surface area contributed by atoms with Crippen LogP contribution in [0.5, 0.6) is 11.5 Å². The van der Waals surface area contributed by atoms with Crippen LogP contribution in [0.4, 0.5) is 4.39 Å². The van der Waals surface area contributed by atoms with Gasteiger partial charge in [-0.15, -0.1) is 0 Å². The topological polar surface area (TPSA) is 59.1 Å². The number of carbonyl (C=O) groups excluding carboxylic acids is 2. The number of para-hydroxylation sites is 2. The van der Waals surface area contributed by atoms with Crippen LogP contribution in [0.3, 0.4) is 0 Å². The maximum absolute atomic E-state index is 13.8. The van der Waals surface area contributed by atoms with Crippen molar-refractivity contribution in [2.45, 2.75) is 6.92 Å². The van der Waals surface area contributed by atoms with E-state index in [2.05, 4.69) is 0 Å². The fraction of sp³-hybridized carbons (Fsp3) is 0.333. The van der Waals surface area contributed by atoms with Crippen LogP contribution in [-0.2, 0) is 4.79 Å². The fourth-order valence-electron chi connectivity index (χ4n) is 3.04. The lowest BCUT2D eigenvalue weighted by molar-refractivity contribution is -0.134. The van der Waals surface area contributed by atoms with E-state index in [0.717, 1.165) is 0 Å². The van der Waals surface area contributed by atoms with Gasteiger partial charge in [-0.1, -0.05) is 24.3 Å². The van der Waals surface area contributed by atoms with E-state index >= 15 is 0 Å². The number of hydrogen-bond donors (Lipinski definition) is 0. The molecule has 0 atom stereocenters. The third-order valence-electron chi connectivity index (χ3n) is 4.52. The molecule has 1 aliphatic heterocycles. The van der Waals surface area contributed by atoms with Gasteiger partial charge in [0.05, 0.1) is 12.2 Å². The van der Waals surface area contributed by atoms with Crippen LogP contribution in [0.2, 0.25) is 0 Å². The molecule has 1 heterocycles. The van der Waals surface area contributed by atoms with Crippen molar-refractivity contribution in [2.24, 2.45) is 0 Å². The van der Waals surface area contributed by atoms with E-state index in [1.807, 2.05) is 19.1 Å². The lowest BCUT2D eigenvalue weighted by atomic mass is 10.1. The van der Waals surface area contributed by atoms with Gasteiger partial charge >= 0.3 is 0 Å². The highest BCUT2D eigenvalue weighted by molar-refractivity contribution is 5.94. The third kappa shape index (κ3) is 4.60. The Morgan fingerprint density at radius 1 is 0.893 bits per heavy atom. The molecule has 0 saturated carbocycles. The summed E-state index contributed by atoms with van der Waals surface area (Å²) < 4.78 is 24.9. The van der Waals surface area contributed by atoms with Crippen LogP contribution in [0.1, 0.15) is 17.3 Å². The van der Waals surface area contributed by atoms with E-state index in [9.17, 15) is 14.0 Å². The molecule has 28 heavy (non-hydrogen) atoms. The molecule has 3 rings (SSSR count). The maximum Gasteiger partial charge on any atom is 0.260 e. The SMILES string of the molecule is CCOc1ccccc1OCC(=O)N1CCN(C(=O)c2ccccc2F)CC1. The van der Waals surface area contributed by atoms with E-state index in [4.69, 9.17) is 9.47 Å². The molecular formula is C21H23FN2O4. The highest BCUT2D eigenvalue weighted by atomic mass is 19.1. The van der Waals surface area contributed by atoms with E-state index in [0.29, 0.717) is 44.3 Å². The lowest BCUT2D eigenvalue weighted by Crippen LogP contribution is -2.51. The van der Waals surface area contributed by atoms with Crippen LogP contribution < -0.4 is 9.47 Å². The molecule has 1 saturated heterocycles. The van der Waals surface area contributed by atoms with E-state index in [1.165, 1.54) is 12.1 Å². The van der Waals surface area contributed by atoms with Crippen molar-refractivity contribution >= 4 is 11.8 Å². The second kappa shape index (κ2) is 9.21. The molecule has 2 amide bonds. The van der Waals surface area contributed by atoms with Gasteiger partial charge in [-0.05, 0) is 31.2 Å². The molecule has 1 fully saturated rings. The highest BCUT2D eigenvalue weighted by Crippen LogP contribution is 2.26. The molecule has 0 aliphatic carbocycles. The molecule has 2 aromatic carbocycles. The molecule has 0 radical (unpaired) electrons. The van der Waals surface area contributed by atoms with Gasteiger partial charge in [-0.25, -0.2) is 4.39 Å². The van der Waals surface area contributed by atoms with Gasteiger partial charge in [-0.2, -0.15) is 0 Å². The Morgan fingerprint density at radius 3 is 2.11 bits per heavy atom. The quantitative estimate of drug-likeness (QED) is 0.766. The van der Waals surface area contributed by atoms with Gasteiger partial charge in [0.25, 0.3) is 11.8 Å². The Labute approximate surface area is 163 Å². The average Bonchev–Trinajstić information content (AvgIpc) is 2.73. The van der Waals surface area contributed by atoms with Crippen molar-refractivity contribution in [1.29, 1.82) is 0 Å². The normalized spacial score (nSPS) is 13.9. The van der Waals surface area contributed by atoms with Gasteiger partial charge in [-0.3, -0.25) is 9.59 Å². The van der Waals surface area contributed by atoms with E-state index in [1.54, 1.807) is 34.1 Å². The molecule has 1 aliphatic rings. The number of carbonyl (C=O) groups is 2. The molecule has 7 heteroatoms. The standard InChI is InChI=1S/C21H23FN2O4/c1-2-27-18-9-5-6-10-19(18)28-15-20(25)23-11-13-24(14-12-23)21(26)16-7-3-4-8-17(16)22/h3-10H,2,11-15H2,1H3. The summed E-state index contributed by atoms with van der Waals surface area (Å²) in [6.07, 6.45) is 0. The predicted octanol–water partition coefficient (Wildman–Crippen LogP) is 2.59. The summed E-state index contributed by atoms with van der Waals surface area (Å²) >= 11 is 0. The van der Waals surface area contributed by atoms with Crippen LogP contribution in [0, 0.1) is 5.82 Å². The largest absolute Gasteiger partial charge is 0.490 e. The summed E-state index contributed by atoms with van der Waals surface area (Å²) in [6.45, 7) is 3.76. The molecule has 2 aromatic rings. The number of ether oxygens (including phenoxy) is 2. The first-order chi connectivity index (χ1) is 13.6. The zero-order valence-corrected chi connectivity index (χ0v) is 15.8.